The fraction of sp³-hybridized carbons (Fsp3) is 0.118. The molecule has 0 fully saturated rings. The molecule has 0 saturated carbocycles. The molecule has 0 atom stereocenters. The Morgan fingerprint density at radius 1 is 1.05 bits per heavy atom. The van der Waals surface area contributed by atoms with Crippen LogP contribution in [0.1, 0.15) is 11.1 Å². The molecular weight excluding hydrogens is 272 g/mol. The van der Waals surface area contributed by atoms with E-state index in [1.807, 2.05) is 48.5 Å². The highest BCUT2D eigenvalue weighted by molar-refractivity contribution is 6.30. The third-order valence-corrected chi connectivity index (χ3v) is 3.04. The highest BCUT2D eigenvalue weighted by Gasteiger charge is 2.09. The van der Waals surface area contributed by atoms with Crippen molar-refractivity contribution in [2.24, 2.45) is 0 Å². The number of carbonyl (C=O) groups is 1. The summed E-state index contributed by atoms with van der Waals surface area (Å²) < 4.78 is 5.22. The highest BCUT2D eigenvalue weighted by Crippen LogP contribution is 2.14. The van der Waals surface area contributed by atoms with E-state index in [4.69, 9.17) is 16.3 Å². The summed E-state index contributed by atoms with van der Waals surface area (Å²) in [6.07, 6.45) is 0.439. The van der Waals surface area contributed by atoms with Gasteiger partial charge in [-0.2, -0.15) is 0 Å². The lowest BCUT2D eigenvalue weighted by atomic mass is 10.1. The summed E-state index contributed by atoms with van der Waals surface area (Å²) >= 11 is 5.90. The topological polar surface area (TPSA) is 26.3 Å². The zero-order valence-electron chi connectivity index (χ0n) is 11.0. The van der Waals surface area contributed by atoms with Crippen LogP contribution in [0.2, 0.25) is 5.02 Å². The minimum atomic E-state index is -0.381. The van der Waals surface area contributed by atoms with E-state index in [9.17, 15) is 4.79 Å². The predicted molar refractivity (Wildman–Crippen MR) is 80.5 cm³/mol. The van der Waals surface area contributed by atoms with Crippen molar-refractivity contribution in [3.8, 4) is 0 Å². The maximum absolute atomic E-state index is 11.9. The number of rotatable bonds is 5. The van der Waals surface area contributed by atoms with Crippen LogP contribution in [0.25, 0.3) is 0 Å². The molecule has 0 saturated heterocycles. The Morgan fingerprint density at radius 2 is 1.75 bits per heavy atom. The molecule has 0 amide bonds. The lowest BCUT2D eigenvalue weighted by Gasteiger charge is -2.07. The number of carbonyl (C=O) groups excluding carboxylic acids is 1. The van der Waals surface area contributed by atoms with Crippen molar-refractivity contribution < 1.29 is 9.53 Å². The minimum absolute atomic E-state index is 0.258. The van der Waals surface area contributed by atoms with Crippen LogP contribution in [-0.2, 0) is 22.6 Å². The van der Waals surface area contributed by atoms with Crippen LogP contribution in [0, 0.1) is 0 Å². The van der Waals surface area contributed by atoms with E-state index in [2.05, 4.69) is 6.58 Å². The fourth-order valence-corrected chi connectivity index (χ4v) is 2.00. The third kappa shape index (κ3) is 4.25. The van der Waals surface area contributed by atoms with Gasteiger partial charge in [-0.25, -0.2) is 4.79 Å². The van der Waals surface area contributed by atoms with Crippen LogP contribution in [0.5, 0.6) is 0 Å². The third-order valence-electron chi connectivity index (χ3n) is 2.81. The average molecular weight is 287 g/mol. The maximum Gasteiger partial charge on any atom is 0.334 e. The van der Waals surface area contributed by atoms with Gasteiger partial charge in [0.25, 0.3) is 0 Å². The van der Waals surface area contributed by atoms with Gasteiger partial charge in [-0.3, -0.25) is 0 Å². The summed E-state index contributed by atoms with van der Waals surface area (Å²) in [4.78, 5) is 11.9. The van der Waals surface area contributed by atoms with E-state index in [0.717, 1.165) is 11.1 Å². The molecular formula is C17H15ClO2. The molecule has 2 nitrogen and oxygen atoms in total. The number of benzene rings is 2. The quantitative estimate of drug-likeness (QED) is 0.609. The van der Waals surface area contributed by atoms with Gasteiger partial charge in [-0.1, -0.05) is 60.6 Å². The molecule has 0 heterocycles. The summed E-state index contributed by atoms with van der Waals surface area (Å²) in [5, 5.41) is 0.646. The first kappa shape index (κ1) is 14.4. The lowest BCUT2D eigenvalue weighted by Crippen LogP contribution is -2.09. The van der Waals surface area contributed by atoms with Gasteiger partial charge in [0.2, 0.25) is 0 Å². The first-order valence-corrected chi connectivity index (χ1v) is 6.66. The molecule has 0 aliphatic carbocycles. The average Bonchev–Trinajstić information content (AvgIpc) is 2.46. The van der Waals surface area contributed by atoms with E-state index in [-0.39, 0.29) is 12.6 Å². The molecule has 2 rings (SSSR count). The van der Waals surface area contributed by atoms with Crippen molar-refractivity contribution >= 4 is 17.6 Å². The Balaban J connectivity index is 1.88. The first-order valence-electron chi connectivity index (χ1n) is 6.28. The molecule has 0 radical (unpaired) electrons. The summed E-state index contributed by atoms with van der Waals surface area (Å²) in [5.41, 5.74) is 2.32. The standard InChI is InChI=1S/C17H15ClO2/c1-13(10-15-8-5-9-16(18)11-15)17(19)20-12-14-6-3-2-4-7-14/h2-9,11H,1,10,12H2. The van der Waals surface area contributed by atoms with Gasteiger partial charge >= 0.3 is 5.97 Å². The summed E-state index contributed by atoms with van der Waals surface area (Å²) in [6, 6.07) is 16.9. The lowest BCUT2D eigenvalue weighted by molar-refractivity contribution is -0.140. The Labute approximate surface area is 123 Å². The van der Waals surface area contributed by atoms with Gasteiger partial charge < -0.3 is 4.74 Å². The first-order chi connectivity index (χ1) is 9.65. The smallest absolute Gasteiger partial charge is 0.334 e. The van der Waals surface area contributed by atoms with Gasteiger partial charge in [0.05, 0.1) is 0 Å². The summed E-state index contributed by atoms with van der Waals surface area (Å²) in [7, 11) is 0. The number of ether oxygens (including phenoxy) is 1. The number of hydrogen-bond acceptors (Lipinski definition) is 2. The van der Waals surface area contributed by atoms with Crippen molar-refractivity contribution in [3.63, 3.8) is 0 Å². The maximum atomic E-state index is 11.9. The van der Waals surface area contributed by atoms with Crippen molar-refractivity contribution in [1.82, 2.24) is 0 Å². The molecule has 0 bridgehead atoms. The molecule has 102 valence electrons. The second kappa shape index (κ2) is 6.92. The monoisotopic (exact) mass is 286 g/mol. The van der Waals surface area contributed by atoms with Crippen molar-refractivity contribution in [2.45, 2.75) is 13.0 Å². The van der Waals surface area contributed by atoms with Gasteiger partial charge in [-0.05, 0) is 23.3 Å². The van der Waals surface area contributed by atoms with Crippen molar-refractivity contribution in [2.75, 3.05) is 0 Å². The van der Waals surface area contributed by atoms with Gasteiger partial charge in [-0.15, -0.1) is 0 Å². The van der Waals surface area contributed by atoms with E-state index in [0.29, 0.717) is 17.0 Å². The Morgan fingerprint density at radius 3 is 2.45 bits per heavy atom. The van der Waals surface area contributed by atoms with Gasteiger partial charge in [0.15, 0.2) is 0 Å². The molecule has 0 spiro atoms. The molecule has 0 aliphatic heterocycles. The molecule has 20 heavy (non-hydrogen) atoms. The Hall–Kier alpha value is -2.06. The summed E-state index contributed by atoms with van der Waals surface area (Å²) in [5.74, 6) is -0.381. The van der Waals surface area contributed by atoms with Crippen molar-refractivity contribution in [1.29, 1.82) is 0 Å². The SMILES string of the molecule is C=C(Cc1cccc(Cl)c1)C(=O)OCc1ccccc1. The summed E-state index contributed by atoms with van der Waals surface area (Å²) in [6.45, 7) is 4.03. The number of esters is 1. The van der Waals surface area contributed by atoms with E-state index in [1.54, 1.807) is 6.07 Å². The van der Waals surface area contributed by atoms with E-state index < -0.39 is 0 Å². The van der Waals surface area contributed by atoms with E-state index >= 15 is 0 Å². The largest absolute Gasteiger partial charge is 0.457 e. The van der Waals surface area contributed by atoms with Crippen LogP contribution < -0.4 is 0 Å². The fourth-order valence-electron chi connectivity index (χ4n) is 1.79. The predicted octanol–water partition coefficient (Wildman–Crippen LogP) is 4.18. The number of halogens is 1. The number of hydrogen-bond donors (Lipinski definition) is 0. The van der Waals surface area contributed by atoms with Crippen LogP contribution in [0.15, 0.2) is 66.7 Å². The molecule has 0 unspecified atom stereocenters. The van der Waals surface area contributed by atoms with Gasteiger partial charge in [0.1, 0.15) is 6.61 Å². The van der Waals surface area contributed by atoms with Gasteiger partial charge in [0, 0.05) is 17.0 Å². The molecule has 0 N–H and O–H groups in total. The normalized spacial score (nSPS) is 10.1. The molecule has 2 aromatic rings. The molecule has 0 aromatic heterocycles. The molecule has 3 heteroatoms. The molecule has 2 aromatic carbocycles. The van der Waals surface area contributed by atoms with Crippen molar-refractivity contribution in [3.05, 3.63) is 82.9 Å². The second-order valence-electron chi connectivity index (χ2n) is 4.47. The highest BCUT2D eigenvalue weighted by atomic mass is 35.5. The molecule has 0 aliphatic rings. The second-order valence-corrected chi connectivity index (χ2v) is 4.91. The minimum Gasteiger partial charge on any atom is -0.457 e. The van der Waals surface area contributed by atoms with Crippen LogP contribution in [0.3, 0.4) is 0 Å². The Kier molecular flexibility index (Phi) is 4.97. The van der Waals surface area contributed by atoms with Crippen LogP contribution in [-0.4, -0.2) is 5.97 Å². The zero-order valence-corrected chi connectivity index (χ0v) is 11.8. The Bertz CT molecular complexity index is 605. The van der Waals surface area contributed by atoms with E-state index in [1.165, 1.54) is 0 Å². The zero-order chi connectivity index (χ0) is 14.4. The van der Waals surface area contributed by atoms with Crippen LogP contribution >= 0.6 is 11.6 Å². The van der Waals surface area contributed by atoms with Crippen LogP contribution in [0.4, 0.5) is 0 Å².